The van der Waals surface area contributed by atoms with Gasteiger partial charge in [0.2, 0.25) is 5.91 Å². The lowest BCUT2D eigenvalue weighted by Crippen LogP contribution is -2.52. The first kappa shape index (κ1) is 22.8. The number of nitrogens with zero attached hydrogens (tertiary/aromatic N) is 3. The summed E-state index contributed by atoms with van der Waals surface area (Å²) in [7, 11) is 1.34. The first-order chi connectivity index (χ1) is 14.7. The van der Waals surface area contributed by atoms with Crippen LogP contribution in [0.1, 0.15) is 56.8 Å². The zero-order chi connectivity index (χ0) is 22.6. The molecule has 0 saturated carbocycles. The van der Waals surface area contributed by atoms with Gasteiger partial charge in [0.25, 0.3) is 0 Å². The Hall–Kier alpha value is -2.84. The lowest BCUT2D eigenvalue weighted by molar-refractivity contribution is -0.126. The summed E-state index contributed by atoms with van der Waals surface area (Å²) in [6.45, 7) is 7.50. The third-order valence-corrected chi connectivity index (χ3v) is 5.52. The van der Waals surface area contributed by atoms with Gasteiger partial charge in [0.15, 0.2) is 0 Å². The highest BCUT2D eigenvalue weighted by atomic mass is 16.6. The molecule has 2 saturated heterocycles. The summed E-state index contributed by atoms with van der Waals surface area (Å²) in [6.07, 6.45) is 4.10. The Bertz CT molecular complexity index is 797. The number of carbonyl (C=O) groups is 3. The molecule has 0 radical (unpaired) electrons. The van der Waals surface area contributed by atoms with Crippen LogP contribution in [0, 0.1) is 0 Å². The first-order valence-corrected chi connectivity index (χ1v) is 10.8. The minimum atomic E-state index is -0.587. The third kappa shape index (κ3) is 5.86. The fraction of sp³-hybridized carbons (Fsp3) is 0.636. The van der Waals surface area contributed by atoms with E-state index >= 15 is 0 Å². The molecule has 2 fully saturated rings. The molecular weight excluding hydrogens is 400 g/mol. The van der Waals surface area contributed by atoms with Gasteiger partial charge < -0.3 is 19.7 Å². The SMILES string of the molecule is COC(=O)c1ccc(N2CCC(NC(=O)[C@@H]3CCCN3C(=O)OC(C)(C)C)CC2)nc1. The van der Waals surface area contributed by atoms with Crippen molar-refractivity contribution in [1.29, 1.82) is 0 Å². The zero-order valence-electron chi connectivity index (χ0n) is 18.7. The number of carbonyl (C=O) groups excluding carboxylic acids is 3. The van der Waals surface area contributed by atoms with E-state index in [-0.39, 0.29) is 11.9 Å². The maximum atomic E-state index is 12.8. The molecule has 9 heteroatoms. The quantitative estimate of drug-likeness (QED) is 0.729. The number of piperidine rings is 1. The Kier molecular flexibility index (Phi) is 7.02. The van der Waals surface area contributed by atoms with Crippen LogP contribution in [0.3, 0.4) is 0 Å². The number of hydrogen-bond acceptors (Lipinski definition) is 7. The van der Waals surface area contributed by atoms with E-state index in [2.05, 4.69) is 15.2 Å². The standard InChI is InChI=1S/C22H32N4O5/c1-22(2,3)31-21(29)26-11-5-6-17(26)19(27)24-16-9-12-25(13-10-16)18-8-7-15(14-23-18)20(28)30-4/h7-8,14,16-17H,5-6,9-13H2,1-4H3,(H,24,27)/t17-/m0/s1. The first-order valence-electron chi connectivity index (χ1n) is 10.8. The van der Waals surface area contributed by atoms with E-state index in [4.69, 9.17) is 9.47 Å². The summed E-state index contributed by atoms with van der Waals surface area (Å²) in [5, 5.41) is 3.12. The van der Waals surface area contributed by atoms with Crippen LogP contribution in [-0.2, 0) is 14.3 Å². The van der Waals surface area contributed by atoms with Crippen molar-refractivity contribution >= 4 is 23.8 Å². The highest BCUT2D eigenvalue weighted by Gasteiger charge is 2.37. The number of aromatic nitrogens is 1. The van der Waals surface area contributed by atoms with Gasteiger partial charge in [-0.3, -0.25) is 9.69 Å². The largest absolute Gasteiger partial charge is 0.465 e. The van der Waals surface area contributed by atoms with Crippen molar-refractivity contribution in [2.45, 2.75) is 64.1 Å². The van der Waals surface area contributed by atoms with Gasteiger partial charge in [-0.25, -0.2) is 14.6 Å². The van der Waals surface area contributed by atoms with E-state index in [1.54, 1.807) is 11.0 Å². The van der Waals surface area contributed by atoms with Gasteiger partial charge in [-0.05, 0) is 58.6 Å². The number of hydrogen-bond donors (Lipinski definition) is 1. The second kappa shape index (κ2) is 9.53. The van der Waals surface area contributed by atoms with Gasteiger partial charge in [-0.15, -0.1) is 0 Å². The molecule has 1 N–H and O–H groups in total. The zero-order valence-corrected chi connectivity index (χ0v) is 18.7. The maximum absolute atomic E-state index is 12.8. The van der Waals surface area contributed by atoms with Crippen LogP contribution in [0.25, 0.3) is 0 Å². The average Bonchev–Trinajstić information content (AvgIpc) is 3.23. The highest BCUT2D eigenvalue weighted by Crippen LogP contribution is 2.23. The lowest BCUT2D eigenvalue weighted by Gasteiger charge is -2.34. The van der Waals surface area contributed by atoms with Crippen molar-refractivity contribution in [2.24, 2.45) is 0 Å². The number of rotatable bonds is 4. The number of amides is 2. The average molecular weight is 433 g/mol. The van der Waals surface area contributed by atoms with Crippen molar-refractivity contribution in [3.63, 3.8) is 0 Å². The Morgan fingerprint density at radius 3 is 2.39 bits per heavy atom. The molecule has 0 spiro atoms. The van der Waals surface area contributed by atoms with E-state index in [0.717, 1.165) is 38.2 Å². The molecule has 2 aliphatic heterocycles. The Morgan fingerprint density at radius 2 is 1.81 bits per heavy atom. The van der Waals surface area contributed by atoms with Gasteiger partial charge in [-0.1, -0.05) is 0 Å². The van der Waals surface area contributed by atoms with Crippen molar-refractivity contribution in [3.05, 3.63) is 23.9 Å². The number of pyridine rings is 1. The number of anilines is 1. The number of esters is 1. The predicted octanol–water partition coefficient (Wildman–Crippen LogP) is 2.35. The van der Waals surface area contributed by atoms with Crippen LogP contribution in [0.2, 0.25) is 0 Å². The van der Waals surface area contributed by atoms with E-state index < -0.39 is 23.7 Å². The second-order valence-corrected chi connectivity index (χ2v) is 9.00. The Labute approximate surface area is 183 Å². The number of likely N-dealkylation sites (tertiary alicyclic amines) is 1. The van der Waals surface area contributed by atoms with Crippen LogP contribution in [0.5, 0.6) is 0 Å². The summed E-state index contributed by atoms with van der Waals surface area (Å²) >= 11 is 0. The molecule has 0 aliphatic carbocycles. The fourth-order valence-corrected chi connectivity index (χ4v) is 3.94. The van der Waals surface area contributed by atoms with E-state index in [1.807, 2.05) is 26.8 Å². The number of methoxy groups -OCH3 is 1. The molecule has 31 heavy (non-hydrogen) atoms. The monoisotopic (exact) mass is 432 g/mol. The van der Waals surface area contributed by atoms with Crippen LogP contribution >= 0.6 is 0 Å². The van der Waals surface area contributed by atoms with Crippen LogP contribution in [0.15, 0.2) is 18.3 Å². The molecule has 1 atom stereocenters. The van der Waals surface area contributed by atoms with Crippen molar-refractivity contribution in [1.82, 2.24) is 15.2 Å². The van der Waals surface area contributed by atoms with E-state index in [0.29, 0.717) is 18.5 Å². The second-order valence-electron chi connectivity index (χ2n) is 9.00. The molecule has 0 bridgehead atoms. The smallest absolute Gasteiger partial charge is 0.410 e. The summed E-state index contributed by atoms with van der Waals surface area (Å²) in [4.78, 5) is 44.9. The van der Waals surface area contributed by atoms with Crippen LogP contribution < -0.4 is 10.2 Å². The molecule has 2 amide bonds. The van der Waals surface area contributed by atoms with Gasteiger partial charge in [0.1, 0.15) is 17.5 Å². The normalized spacial score (nSPS) is 19.8. The number of nitrogens with one attached hydrogen (secondary N) is 1. The minimum absolute atomic E-state index is 0.0548. The summed E-state index contributed by atoms with van der Waals surface area (Å²) in [6, 6.07) is 3.09. The molecule has 2 aliphatic rings. The predicted molar refractivity (Wildman–Crippen MR) is 115 cm³/mol. The molecule has 170 valence electrons. The molecule has 3 rings (SSSR count). The van der Waals surface area contributed by atoms with Crippen molar-refractivity contribution in [2.75, 3.05) is 31.6 Å². The molecule has 0 aromatic carbocycles. The van der Waals surface area contributed by atoms with Gasteiger partial charge in [0, 0.05) is 31.9 Å². The highest BCUT2D eigenvalue weighted by molar-refractivity contribution is 5.89. The third-order valence-electron chi connectivity index (χ3n) is 5.52. The van der Waals surface area contributed by atoms with Crippen molar-refractivity contribution in [3.8, 4) is 0 Å². The maximum Gasteiger partial charge on any atom is 0.410 e. The molecule has 1 aromatic rings. The minimum Gasteiger partial charge on any atom is -0.465 e. The number of ether oxygens (including phenoxy) is 2. The van der Waals surface area contributed by atoms with E-state index in [9.17, 15) is 14.4 Å². The lowest BCUT2D eigenvalue weighted by atomic mass is 10.0. The van der Waals surface area contributed by atoms with Crippen LogP contribution in [-0.4, -0.2) is 72.3 Å². The summed E-state index contributed by atoms with van der Waals surface area (Å²) < 4.78 is 10.1. The van der Waals surface area contributed by atoms with E-state index in [1.165, 1.54) is 13.3 Å². The topological polar surface area (TPSA) is 101 Å². The van der Waals surface area contributed by atoms with Gasteiger partial charge in [0.05, 0.1) is 12.7 Å². The molecular formula is C22H32N4O5. The van der Waals surface area contributed by atoms with Crippen molar-refractivity contribution < 1.29 is 23.9 Å². The Morgan fingerprint density at radius 1 is 1.10 bits per heavy atom. The summed E-state index contributed by atoms with van der Waals surface area (Å²) in [5.41, 5.74) is -0.170. The molecule has 9 nitrogen and oxygen atoms in total. The molecule has 0 unspecified atom stereocenters. The van der Waals surface area contributed by atoms with Gasteiger partial charge >= 0.3 is 12.1 Å². The Balaban J connectivity index is 1.50. The van der Waals surface area contributed by atoms with Crippen LogP contribution in [0.4, 0.5) is 10.6 Å². The fourth-order valence-electron chi connectivity index (χ4n) is 3.94. The van der Waals surface area contributed by atoms with Gasteiger partial charge in [-0.2, -0.15) is 0 Å². The molecule has 1 aromatic heterocycles. The summed E-state index contributed by atoms with van der Waals surface area (Å²) in [5.74, 6) is 0.277. The molecule has 3 heterocycles.